The number of nitrogens with zero attached hydrogens (tertiary/aromatic N) is 1. The lowest BCUT2D eigenvalue weighted by Crippen LogP contribution is -2.44. The molecule has 404 valence electrons. The van der Waals surface area contributed by atoms with Crippen molar-refractivity contribution in [3.8, 4) is 0 Å². The molecule has 9 nitrogen and oxygen atoms in total. The molecule has 0 aliphatic carbocycles. The van der Waals surface area contributed by atoms with Crippen LogP contribution in [-0.4, -0.2) is 82.3 Å². The van der Waals surface area contributed by atoms with Gasteiger partial charge in [-0.1, -0.05) is 224 Å². The van der Waals surface area contributed by atoms with Gasteiger partial charge in [-0.05, 0) is 70.6 Å². The summed E-state index contributed by atoms with van der Waals surface area (Å²) in [5, 5.41) is 11.8. The van der Waals surface area contributed by atoms with Crippen molar-refractivity contribution in [1.29, 1.82) is 0 Å². The van der Waals surface area contributed by atoms with Crippen molar-refractivity contribution in [3.05, 3.63) is 36.5 Å². The second-order valence-corrected chi connectivity index (χ2v) is 20.9. The Bertz CT molecular complexity index is 1230. The van der Waals surface area contributed by atoms with Crippen molar-refractivity contribution >= 4 is 17.9 Å². The molecule has 69 heavy (non-hydrogen) atoms. The summed E-state index contributed by atoms with van der Waals surface area (Å²) >= 11 is 0. The van der Waals surface area contributed by atoms with E-state index in [1.54, 1.807) is 0 Å². The Kier molecular flexibility index (Phi) is 50.0. The fourth-order valence-electron chi connectivity index (χ4n) is 8.33. The Labute approximate surface area is 426 Å². The average molecular weight is 975 g/mol. The van der Waals surface area contributed by atoms with Crippen molar-refractivity contribution in [3.63, 3.8) is 0 Å². The molecule has 0 aromatic rings. The average Bonchev–Trinajstić information content (AvgIpc) is 3.31. The van der Waals surface area contributed by atoms with Crippen LogP contribution in [0.2, 0.25) is 0 Å². The van der Waals surface area contributed by atoms with Crippen LogP contribution in [0.15, 0.2) is 36.5 Å². The molecule has 0 heterocycles. The summed E-state index contributed by atoms with van der Waals surface area (Å²) in [5.41, 5.74) is 0. The van der Waals surface area contributed by atoms with Crippen LogP contribution in [0.3, 0.4) is 0 Å². The fourth-order valence-corrected chi connectivity index (χ4v) is 8.33. The van der Waals surface area contributed by atoms with E-state index in [9.17, 15) is 19.5 Å². The molecule has 0 N–H and O–H groups in total. The van der Waals surface area contributed by atoms with E-state index >= 15 is 0 Å². The predicted octanol–water partition coefficient (Wildman–Crippen LogP) is 15.6. The summed E-state index contributed by atoms with van der Waals surface area (Å²) in [7, 11) is 5.92. The summed E-state index contributed by atoms with van der Waals surface area (Å²) < 4.78 is 22.7. The number of carboxylic acid groups (broad SMARTS) is 1. The number of carbonyl (C=O) groups excluding carboxylic acids is 3. The minimum atomic E-state index is -1.62. The number of ether oxygens (including phenoxy) is 4. The van der Waals surface area contributed by atoms with Crippen molar-refractivity contribution < 1.29 is 42.9 Å². The van der Waals surface area contributed by atoms with Gasteiger partial charge in [0.1, 0.15) is 13.2 Å². The number of esters is 2. The van der Waals surface area contributed by atoms with E-state index in [0.29, 0.717) is 23.9 Å². The highest BCUT2D eigenvalue weighted by atomic mass is 16.7. The molecular formula is C60H111NO8. The molecule has 0 saturated heterocycles. The first kappa shape index (κ1) is 66.5. The monoisotopic (exact) mass is 974 g/mol. The van der Waals surface area contributed by atoms with Crippen LogP contribution in [0.1, 0.15) is 271 Å². The number of allylic oxidation sites excluding steroid dienone is 6. The normalized spacial score (nSPS) is 13.0. The van der Waals surface area contributed by atoms with Gasteiger partial charge in [-0.15, -0.1) is 0 Å². The lowest BCUT2D eigenvalue weighted by atomic mass is 10.0. The zero-order valence-corrected chi connectivity index (χ0v) is 45.9. The Balaban J connectivity index is 4.17. The number of hydrogen-bond acceptors (Lipinski definition) is 8. The van der Waals surface area contributed by atoms with Gasteiger partial charge in [0.05, 0.1) is 40.3 Å². The predicted molar refractivity (Wildman–Crippen MR) is 288 cm³/mol. The van der Waals surface area contributed by atoms with E-state index in [1.165, 1.54) is 186 Å². The number of carboxylic acids is 1. The molecule has 0 radical (unpaired) electrons. The summed E-state index contributed by atoms with van der Waals surface area (Å²) in [6.07, 6.45) is 59.1. The lowest BCUT2D eigenvalue weighted by molar-refractivity contribution is -0.870. The minimum absolute atomic E-state index is 0.147. The molecule has 0 fully saturated rings. The van der Waals surface area contributed by atoms with Crippen LogP contribution in [0.25, 0.3) is 0 Å². The maximum Gasteiger partial charge on any atom is 0.306 e. The maximum atomic E-state index is 12.8. The second-order valence-electron chi connectivity index (χ2n) is 20.9. The van der Waals surface area contributed by atoms with E-state index in [1.807, 2.05) is 21.1 Å². The molecular weight excluding hydrogens is 863 g/mol. The van der Waals surface area contributed by atoms with E-state index in [-0.39, 0.29) is 32.2 Å². The molecule has 0 aromatic carbocycles. The Morgan fingerprint density at radius 2 is 0.783 bits per heavy atom. The summed E-state index contributed by atoms with van der Waals surface area (Å²) in [6.45, 7) is 4.74. The molecule has 0 saturated carbocycles. The summed E-state index contributed by atoms with van der Waals surface area (Å²) in [6, 6.07) is 0. The molecule has 0 bridgehead atoms. The topological polar surface area (TPSA) is 111 Å². The quantitative estimate of drug-likeness (QED) is 0.0195. The van der Waals surface area contributed by atoms with E-state index < -0.39 is 24.3 Å². The fraction of sp³-hybridized carbons (Fsp3) is 0.850. The number of aliphatic carboxylic acids is 1. The maximum absolute atomic E-state index is 12.8. The molecule has 9 heteroatoms. The SMILES string of the molecule is CCCCC/C=C\C/C=C\CCCCCCCCCC(=O)OC(COC(=O)CCCCCCCCCCCCCCCCC/C=C\CCCCCCCCCC)COC(OCC[N+](C)(C)C)C(=O)[O-]. The molecule has 0 aromatic heterocycles. The molecule has 0 aliphatic rings. The van der Waals surface area contributed by atoms with Gasteiger partial charge in [0.2, 0.25) is 0 Å². The lowest BCUT2D eigenvalue weighted by Gasteiger charge is -2.26. The Morgan fingerprint density at radius 3 is 1.19 bits per heavy atom. The number of likely N-dealkylation sites (N-methyl/N-ethyl adjacent to an activating group) is 1. The van der Waals surface area contributed by atoms with Crippen LogP contribution in [0.4, 0.5) is 0 Å². The molecule has 0 amide bonds. The van der Waals surface area contributed by atoms with Gasteiger partial charge in [-0.3, -0.25) is 9.59 Å². The molecule has 2 atom stereocenters. The van der Waals surface area contributed by atoms with Gasteiger partial charge < -0.3 is 33.3 Å². The molecule has 2 unspecified atom stereocenters. The molecule has 0 spiro atoms. The van der Waals surface area contributed by atoms with Crippen LogP contribution in [0, 0.1) is 0 Å². The molecule has 0 rings (SSSR count). The van der Waals surface area contributed by atoms with Crippen molar-refractivity contribution in [1.82, 2.24) is 0 Å². The van der Waals surface area contributed by atoms with Gasteiger partial charge in [-0.2, -0.15) is 0 Å². The highest BCUT2D eigenvalue weighted by molar-refractivity contribution is 5.70. The van der Waals surface area contributed by atoms with E-state index in [2.05, 4.69) is 50.3 Å². The first-order valence-electron chi connectivity index (χ1n) is 29.1. The van der Waals surface area contributed by atoms with Crippen LogP contribution < -0.4 is 5.11 Å². The number of unbranched alkanes of at least 4 members (excludes halogenated alkanes) is 33. The van der Waals surface area contributed by atoms with Gasteiger partial charge in [0.25, 0.3) is 0 Å². The second kappa shape index (κ2) is 51.9. The van der Waals surface area contributed by atoms with Gasteiger partial charge in [0, 0.05) is 12.8 Å². The van der Waals surface area contributed by atoms with Gasteiger partial charge in [-0.25, -0.2) is 0 Å². The number of carbonyl (C=O) groups is 3. The summed E-state index contributed by atoms with van der Waals surface area (Å²) in [5.74, 6) is -2.28. The van der Waals surface area contributed by atoms with Crippen LogP contribution in [-0.2, 0) is 33.3 Å². The third-order valence-electron chi connectivity index (χ3n) is 12.9. The number of hydrogen-bond donors (Lipinski definition) is 0. The highest BCUT2D eigenvalue weighted by Gasteiger charge is 2.22. The third kappa shape index (κ3) is 53.1. The Morgan fingerprint density at radius 1 is 0.435 bits per heavy atom. The third-order valence-corrected chi connectivity index (χ3v) is 12.9. The van der Waals surface area contributed by atoms with E-state index in [4.69, 9.17) is 18.9 Å². The zero-order valence-electron chi connectivity index (χ0n) is 45.9. The zero-order chi connectivity index (χ0) is 50.6. The van der Waals surface area contributed by atoms with E-state index in [0.717, 1.165) is 51.4 Å². The van der Waals surface area contributed by atoms with Crippen molar-refractivity contribution in [2.45, 2.75) is 283 Å². The summed E-state index contributed by atoms with van der Waals surface area (Å²) in [4.78, 5) is 37.3. The van der Waals surface area contributed by atoms with Gasteiger partial charge >= 0.3 is 11.9 Å². The first-order valence-corrected chi connectivity index (χ1v) is 29.1. The van der Waals surface area contributed by atoms with Crippen molar-refractivity contribution in [2.75, 3.05) is 47.5 Å². The standard InChI is InChI=1S/C60H111NO8/c1-6-8-10-12-14-16-18-20-22-24-25-26-27-28-29-30-31-32-33-35-36-38-40-42-44-46-48-50-57(62)67-54-56(55-68-60(59(64)65)66-53-52-61(3,4)5)69-58(63)51-49-47-45-43-41-39-37-34-23-21-19-17-15-13-11-9-7-2/h15,17,21,23-25,56,60H,6-14,16,18-20,22,26-55H2,1-5H3/b17-15-,23-21-,25-24-. The Hall–Kier alpha value is -2.49. The largest absolute Gasteiger partial charge is 0.545 e. The molecule has 0 aliphatic heterocycles. The first-order chi connectivity index (χ1) is 33.6. The van der Waals surface area contributed by atoms with Crippen LogP contribution >= 0.6 is 0 Å². The number of rotatable bonds is 54. The highest BCUT2D eigenvalue weighted by Crippen LogP contribution is 2.16. The minimum Gasteiger partial charge on any atom is -0.545 e. The van der Waals surface area contributed by atoms with Crippen molar-refractivity contribution in [2.24, 2.45) is 0 Å². The smallest absolute Gasteiger partial charge is 0.306 e. The van der Waals surface area contributed by atoms with Gasteiger partial charge in [0.15, 0.2) is 12.4 Å². The number of quaternary nitrogens is 1. The van der Waals surface area contributed by atoms with Crippen LogP contribution in [0.5, 0.6) is 0 Å².